The van der Waals surface area contributed by atoms with Crippen LogP contribution in [0.25, 0.3) is 0 Å². The molecular weight excluding hydrogens is 166 g/mol. The molecule has 0 aromatic heterocycles. The lowest BCUT2D eigenvalue weighted by Gasteiger charge is -2.41. The summed E-state index contributed by atoms with van der Waals surface area (Å²) in [5.41, 5.74) is 0.238. The summed E-state index contributed by atoms with van der Waals surface area (Å²) in [6.07, 6.45) is 5.49. The molecule has 3 heteroatoms. The maximum atomic E-state index is 11.2. The van der Waals surface area contributed by atoms with Gasteiger partial charge in [-0.25, -0.2) is 0 Å². The van der Waals surface area contributed by atoms with Gasteiger partial charge < -0.3 is 10.4 Å². The number of aliphatic hydroxyl groups is 1. The molecule has 3 nitrogen and oxygen atoms in total. The molecule has 2 rings (SSSR count). The molecule has 13 heavy (non-hydrogen) atoms. The fourth-order valence-electron chi connectivity index (χ4n) is 2.60. The second-order valence-electron chi connectivity index (χ2n) is 4.51. The third-order valence-corrected chi connectivity index (χ3v) is 3.53. The van der Waals surface area contributed by atoms with Crippen molar-refractivity contribution in [2.45, 2.75) is 44.6 Å². The van der Waals surface area contributed by atoms with Crippen LogP contribution >= 0.6 is 0 Å². The van der Waals surface area contributed by atoms with Gasteiger partial charge in [-0.15, -0.1) is 0 Å². The molecule has 2 aliphatic rings. The van der Waals surface area contributed by atoms with Crippen LogP contribution in [0, 0.1) is 5.41 Å². The van der Waals surface area contributed by atoms with Crippen LogP contribution < -0.4 is 5.32 Å². The van der Waals surface area contributed by atoms with Crippen molar-refractivity contribution in [2.75, 3.05) is 6.54 Å². The van der Waals surface area contributed by atoms with E-state index >= 15 is 0 Å². The van der Waals surface area contributed by atoms with Crippen LogP contribution in [-0.4, -0.2) is 23.7 Å². The molecule has 0 bridgehead atoms. The van der Waals surface area contributed by atoms with Gasteiger partial charge in [-0.3, -0.25) is 4.79 Å². The predicted octanol–water partition coefficient (Wildman–Crippen LogP) is 0.818. The lowest BCUT2D eigenvalue weighted by molar-refractivity contribution is -0.127. The van der Waals surface area contributed by atoms with Crippen molar-refractivity contribution in [3.63, 3.8) is 0 Å². The number of hydrogen-bond donors (Lipinski definition) is 2. The van der Waals surface area contributed by atoms with Crippen molar-refractivity contribution in [3.8, 4) is 0 Å². The van der Waals surface area contributed by atoms with Gasteiger partial charge in [0.05, 0.1) is 6.10 Å². The first-order valence-electron chi connectivity index (χ1n) is 5.15. The number of nitrogens with one attached hydrogen (secondary N) is 1. The molecule has 0 aromatic carbocycles. The smallest absolute Gasteiger partial charge is 0.220 e. The maximum absolute atomic E-state index is 11.2. The van der Waals surface area contributed by atoms with Gasteiger partial charge in [0.15, 0.2) is 0 Å². The van der Waals surface area contributed by atoms with Crippen LogP contribution in [0.3, 0.4) is 0 Å². The highest BCUT2D eigenvalue weighted by Gasteiger charge is 2.38. The monoisotopic (exact) mass is 183 g/mol. The summed E-state index contributed by atoms with van der Waals surface area (Å²) in [6.45, 7) is 0.828. The lowest BCUT2D eigenvalue weighted by Crippen LogP contribution is -2.43. The highest BCUT2D eigenvalue weighted by molar-refractivity contribution is 5.77. The zero-order chi connectivity index (χ0) is 9.31. The van der Waals surface area contributed by atoms with E-state index in [0.29, 0.717) is 6.42 Å². The Bertz CT molecular complexity index is 207. The first-order chi connectivity index (χ1) is 6.20. The minimum atomic E-state index is -0.115. The largest absolute Gasteiger partial charge is 0.393 e. The zero-order valence-electron chi connectivity index (χ0n) is 7.88. The molecule has 2 fully saturated rings. The van der Waals surface area contributed by atoms with Crippen LogP contribution in [0.15, 0.2) is 0 Å². The molecule has 1 aliphatic carbocycles. The van der Waals surface area contributed by atoms with Gasteiger partial charge in [0.25, 0.3) is 0 Å². The fourth-order valence-corrected chi connectivity index (χ4v) is 2.60. The molecule has 0 atom stereocenters. The average Bonchev–Trinajstić information content (AvgIpc) is 2.11. The van der Waals surface area contributed by atoms with Crippen LogP contribution in [0.4, 0.5) is 0 Å². The van der Waals surface area contributed by atoms with Crippen LogP contribution in [0.5, 0.6) is 0 Å². The van der Waals surface area contributed by atoms with Crippen molar-refractivity contribution in [2.24, 2.45) is 5.41 Å². The van der Waals surface area contributed by atoms with Crippen molar-refractivity contribution < 1.29 is 9.90 Å². The Hall–Kier alpha value is -0.570. The number of carbonyl (C=O) groups is 1. The predicted molar refractivity (Wildman–Crippen MR) is 49.2 cm³/mol. The van der Waals surface area contributed by atoms with Crippen molar-refractivity contribution in [3.05, 3.63) is 0 Å². The molecule has 2 N–H and O–H groups in total. The van der Waals surface area contributed by atoms with Gasteiger partial charge in [0.2, 0.25) is 5.91 Å². The summed E-state index contributed by atoms with van der Waals surface area (Å²) in [4.78, 5) is 11.2. The first-order valence-corrected chi connectivity index (χ1v) is 5.15. The number of amides is 1. The molecule has 1 saturated carbocycles. The normalized spacial score (nSPS) is 40.4. The molecule has 74 valence electrons. The fraction of sp³-hybridized carbons (Fsp3) is 0.900. The van der Waals surface area contributed by atoms with Gasteiger partial charge in [-0.05, 0) is 37.5 Å². The Morgan fingerprint density at radius 3 is 2.62 bits per heavy atom. The highest BCUT2D eigenvalue weighted by Crippen LogP contribution is 2.43. The second kappa shape index (κ2) is 3.29. The van der Waals surface area contributed by atoms with Crippen molar-refractivity contribution in [1.29, 1.82) is 0 Å². The van der Waals surface area contributed by atoms with Gasteiger partial charge >= 0.3 is 0 Å². The minimum Gasteiger partial charge on any atom is -0.393 e. The first kappa shape index (κ1) is 9.00. The lowest BCUT2D eigenvalue weighted by atomic mass is 9.67. The summed E-state index contributed by atoms with van der Waals surface area (Å²) < 4.78 is 0. The Balaban J connectivity index is 1.99. The van der Waals surface area contributed by atoms with E-state index in [1.807, 2.05) is 0 Å². The summed E-state index contributed by atoms with van der Waals surface area (Å²) in [5, 5.41) is 12.3. The highest BCUT2D eigenvalue weighted by atomic mass is 16.3. The molecule has 0 unspecified atom stereocenters. The topological polar surface area (TPSA) is 49.3 Å². The van der Waals surface area contributed by atoms with Crippen molar-refractivity contribution in [1.82, 2.24) is 5.32 Å². The Morgan fingerprint density at radius 1 is 1.31 bits per heavy atom. The molecule has 0 aromatic rings. The van der Waals surface area contributed by atoms with E-state index < -0.39 is 0 Å². The average molecular weight is 183 g/mol. The van der Waals surface area contributed by atoms with E-state index in [1.165, 1.54) is 0 Å². The van der Waals surface area contributed by atoms with E-state index in [9.17, 15) is 9.90 Å². The van der Waals surface area contributed by atoms with E-state index in [4.69, 9.17) is 0 Å². The molecule has 1 spiro atoms. The quantitative estimate of drug-likeness (QED) is 0.584. The third-order valence-electron chi connectivity index (χ3n) is 3.53. The summed E-state index contributed by atoms with van der Waals surface area (Å²) in [7, 11) is 0. The summed E-state index contributed by atoms with van der Waals surface area (Å²) in [5.74, 6) is 0.197. The molecular formula is C10H17NO2. The zero-order valence-corrected chi connectivity index (χ0v) is 7.88. The Morgan fingerprint density at radius 2 is 2.00 bits per heavy atom. The SMILES string of the molecule is O=C1CC2(CCN1)CCC(O)CC2. The molecule has 1 saturated heterocycles. The molecule has 0 radical (unpaired) electrons. The second-order valence-corrected chi connectivity index (χ2v) is 4.51. The van der Waals surface area contributed by atoms with Gasteiger partial charge in [-0.2, -0.15) is 0 Å². The number of piperidine rings is 1. The van der Waals surface area contributed by atoms with Crippen molar-refractivity contribution >= 4 is 5.91 Å². The van der Waals surface area contributed by atoms with Crippen LogP contribution in [0.1, 0.15) is 38.5 Å². The van der Waals surface area contributed by atoms with Crippen LogP contribution in [0.2, 0.25) is 0 Å². The van der Waals surface area contributed by atoms with Gasteiger partial charge in [0.1, 0.15) is 0 Å². The standard InChI is InChI=1S/C10H17NO2/c12-8-1-3-10(4-2-8)5-6-11-9(13)7-10/h8,12H,1-7H2,(H,11,13). The summed E-state index contributed by atoms with van der Waals surface area (Å²) >= 11 is 0. The molecule has 1 amide bonds. The maximum Gasteiger partial charge on any atom is 0.220 e. The third kappa shape index (κ3) is 1.85. The van der Waals surface area contributed by atoms with Gasteiger partial charge in [0, 0.05) is 13.0 Å². The van der Waals surface area contributed by atoms with E-state index in [1.54, 1.807) is 0 Å². The molecule has 1 aliphatic heterocycles. The number of carbonyl (C=O) groups excluding carboxylic acids is 1. The van der Waals surface area contributed by atoms with E-state index in [2.05, 4.69) is 5.32 Å². The number of rotatable bonds is 0. The number of hydrogen-bond acceptors (Lipinski definition) is 2. The minimum absolute atomic E-state index is 0.115. The van der Waals surface area contributed by atoms with E-state index in [0.717, 1.165) is 38.6 Å². The molecule has 1 heterocycles. The summed E-state index contributed by atoms with van der Waals surface area (Å²) in [6, 6.07) is 0. The number of aliphatic hydroxyl groups excluding tert-OH is 1. The van der Waals surface area contributed by atoms with Crippen LogP contribution in [-0.2, 0) is 4.79 Å². The Labute approximate surface area is 78.5 Å². The Kier molecular flexibility index (Phi) is 2.28. The van der Waals surface area contributed by atoms with Gasteiger partial charge in [-0.1, -0.05) is 0 Å². The van der Waals surface area contributed by atoms with E-state index in [-0.39, 0.29) is 17.4 Å².